The van der Waals surface area contributed by atoms with Crippen molar-refractivity contribution in [3.05, 3.63) is 169 Å². The zero-order valence-electron chi connectivity index (χ0n) is 30.8. The van der Waals surface area contributed by atoms with E-state index in [1.165, 1.54) is 36.4 Å². The van der Waals surface area contributed by atoms with Gasteiger partial charge >= 0.3 is 0 Å². The molecule has 0 bridgehead atoms. The van der Waals surface area contributed by atoms with E-state index in [2.05, 4.69) is 81.7 Å². The molecule has 0 saturated heterocycles. The van der Waals surface area contributed by atoms with Crippen molar-refractivity contribution >= 4 is 58.4 Å². The number of rotatable bonds is 14. The third-order valence-corrected chi connectivity index (χ3v) is 7.65. The first-order chi connectivity index (χ1) is 28.9. The maximum Gasteiger partial charge on any atom is 0.233 e. The Balaban J connectivity index is 0.000000179. The topological polar surface area (TPSA) is 201 Å². The van der Waals surface area contributed by atoms with E-state index in [9.17, 15) is 13.2 Å². The van der Waals surface area contributed by atoms with Gasteiger partial charge in [-0.1, -0.05) is 18.2 Å². The lowest BCUT2D eigenvalue weighted by Gasteiger charge is -2.11. The Morgan fingerprint density at radius 1 is 0.322 bits per heavy atom. The minimum Gasteiger partial charge on any atom is -0.347 e. The van der Waals surface area contributed by atoms with Crippen LogP contribution in [0, 0.1) is 17.5 Å². The number of hydrogen-bond donors (Lipinski definition) is 6. The normalized spacial score (nSPS) is 10.4. The molecule has 4 heterocycles. The Bertz CT molecular complexity index is 2460. The second-order valence-electron chi connectivity index (χ2n) is 12.0. The van der Waals surface area contributed by atoms with Gasteiger partial charge in [-0.2, -0.15) is 29.9 Å². The van der Waals surface area contributed by atoms with Crippen LogP contribution >= 0.6 is 0 Å². The molecule has 0 fully saturated rings. The van der Waals surface area contributed by atoms with Crippen molar-refractivity contribution in [3.63, 3.8) is 0 Å². The second kappa shape index (κ2) is 19.5. The first-order valence-electron chi connectivity index (χ1n) is 17.8. The lowest BCUT2D eigenvalue weighted by molar-refractivity contribution is 0.627. The molecule has 0 saturated carbocycles. The maximum atomic E-state index is 13.2. The first-order valence-corrected chi connectivity index (χ1v) is 17.8. The van der Waals surface area contributed by atoms with Gasteiger partial charge in [0.15, 0.2) is 0 Å². The van der Waals surface area contributed by atoms with Crippen LogP contribution in [0.2, 0.25) is 0 Å². The number of anilines is 10. The van der Waals surface area contributed by atoms with Gasteiger partial charge in [0.25, 0.3) is 0 Å². The van der Waals surface area contributed by atoms with Gasteiger partial charge < -0.3 is 31.9 Å². The van der Waals surface area contributed by atoms with E-state index >= 15 is 0 Å². The minimum atomic E-state index is -0.347. The maximum absolute atomic E-state index is 13.2. The van der Waals surface area contributed by atoms with Crippen molar-refractivity contribution in [2.75, 3.05) is 31.9 Å². The molecule has 4 aromatic carbocycles. The largest absolute Gasteiger partial charge is 0.347 e. The lowest BCUT2D eigenvalue weighted by atomic mass is 10.3. The van der Waals surface area contributed by atoms with Crippen LogP contribution in [-0.4, -0.2) is 49.8 Å². The van der Waals surface area contributed by atoms with Gasteiger partial charge in [0.1, 0.15) is 29.1 Å². The van der Waals surface area contributed by atoms with E-state index < -0.39 is 0 Å². The number of aromatic nitrogens is 10. The number of nitrogens with one attached hydrogen (secondary N) is 6. The zero-order chi connectivity index (χ0) is 40.7. The van der Waals surface area contributed by atoms with Crippen molar-refractivity contribution in [1.82, 2.24) is 49.8 Å². The molecule has 59 heavy (non-hydrogen) atoms. The van der Waals surface area contributed by atoms with Gasteiger partial charge in [0.2, 0.25) is 35.7 Å². The zero-order valence-corrected chi connectivity index (χ0v) is 30.8. The summed E-state index contributed by atoms with van der Waals surface area (Å²) in [7, 11) is 0. The van der Waals surface area contributed by atoms with E-state index in [1.807, 2.05) is 30.3 Å². The molecule has 19 heteroatoms. The predicted molar refractivity (Wildman–Crippen MR) is 217 cm³/mol. The van der Waals surface area contributed by atoms with E-state index in [0.29, 0.717) is 59.6 Å². The summed E-state index contributed by atoms with van der Waals surface area (Å²) in [5.41, 5.74) is 2.70. The molecule has 0 radical (unpaired) electrons. The summed E-state index contributed by atoms with van der Waals surface area (Å²) in [5.74, 6) is 1.91. The Labute approximate surface area is 335 Å². The van der Waals surface area contributed by atoms with Crippen LogP contribution in [-0.2, 0) is 13.1 Å². The quantitative estimate of drug-likeness (QED) is 0.0619. The molecule has 0 atom stereocenters. The highest BCUT2D eigenvalue weighted by atomic mass is 19.1. The Hall–Kier alpha value is -8.35. The van der Waals surface area contributed by atoms with Crippen LogP contribution in [0.25, 0.3) is 0 Å². The fraction of sp³-hybridized carbons (Fsp3) is 0.0500. The SMILES string of the molecule is Fc1ccc(Nc2nc(NCc3ncccn3)nc(Nc3ccc(F)cc3)n2)cc1.Fc1ccc(Nc2nc(NCc3ncccn3)nc(Nc3ccccc3)n2)cc1. The van der Waals surface area contributed by atoms with E-state index in [-0.39, 0.29) is 35.3 Å². The molecule has 16 nitrogen and oxygen atoms in total. The highest BCUT2D eigenvalue weighted by Crippen LogP contribution is 2.21. The fourth-order valence-corrected chi connectivity index (χ4v) is 4.93. The summed E-state index contributed by atoms with van der Waals surface area (Å²) in [5, 5.41) is 18.3. The molecule has 0 aliphatic carbocycles. The van der Waals surface area contributed by atoms with Gasteiger partial charge in [-0.25, -0.2) is 33.1 Å². The third kappa shape index (κ3) is 12.3. The van der Waals surface area contributed by atoms with E-state index in [4.69, 9.17) is 0 Å². The predicted octanol–water partition coefficient (Wildman–Crippen LogP) is 7.94. The van der Waals surface area contributed by atoms with Gasteiger partial charge in [-0.05, 0) is 97.1 Å². The molecule has 8 aromatic rings. The van der Waals surface area contributed by atoms with Crippen LogP contribution in [0.4, 0.5) is 71.6 Å². The number of nitrogens with zero attached hydrogens (tertiary/aromatic N) is 10. The summed E-state index contributed by atoms with van der Waals surface area (Å²) in [4.78, 5) is 42.8. The van der Waals surface area contributed by atoms with Gasteiger partial charge in [0, 0.05) is 47.5 Å². The van der Waals surface area contributed by atoms with Crippen molar-refractivity contribution < 1.29 is 13.2 Å². The second-order valence-corrected chi connectivity index (χ2v) is 12.0. The molecule has 0 spiro atoms. The van der Waals surface area contributed by atoms with Crippen molar-refractivity contribution in [1.29, 1.82) is 0 Å². The number of benzene rings is 4. The molecular formula is C40H33F3N16. The molecule has 294 valence electrons. The summed E-state index contributed by atoms with van der Waals surface area (Å²) < 4.78 is 39.5. The molecule has 4 aromatic heterocycles. The van der Waals surface area contributed by atoms with Crippen molar-refractivity contribution in [3.8, 4) is 0 Å². The standard InChI is InChI=1S/C20H16F2N8.C20H17FN8/c21-13-2-6-15(7-3-13)26-19-28-18(25-12-17-23-10-1-11-24-17)29-20(30-19)27-16-8-4-14(22)5-9-16;21-14-7-9-16(10-8-14)26-20-28-18(24-13-17-22-11-4-12-23-17)27-19(29-20)25-15-5-2-1-3-6-15/h1-11H,12H2,(H3,25,26,27,28,29,30);1-12H,13H2,(H3,24,25,26,27,28,29). The molecule has 8 rings (SSSR count). The average Bonchev–Trinajstić information content (AvgIpc) is 3.26. The van der Waals surface area contributed by atoms with Crippen molar-refractivity contribution in [2.45, 2.75) is 13.1 Å². The average molecular weight is 795 g/mol. The lowest BCUT2D eigenvalue weighted by Crippen LogP contribution is -2.11. The van der Waals surface area contributed by atoms with Crippen LogP contribution in [0.5, 0.6) is 0 Å². The number of para-hydroxylation sites is 1. The van der Waals surface area contributed by atoms with Crippen LogP contribution in [0.15, 0.2) is 140 Å². The molecule has 0 aliphatic rings. The number of hydrogen-bond acceptors (Lipinski definition) is 16. The summed E-state index contributed by atoms with van der Waals surface area (Å²) >= 11 is 0. The monoisotopic (exact) mass is 794 g/mol. The van der Waals surface area contributed by atoms with Gasteiger partial charge in [-0.15, -0.1) is 0 Å². The highest BCUT2D eigenvalue weighted by Gasteiger charge is 2.11. The number of halogens is 3. The Kier molecular flexibility index (Phi) is 12.9. The smallest absolute Gasteiger partial charge is 0.233 e. The van der Waals surface area contributed by atoms with Crippen LogP contribution in [0.1, 0.15) is 11.6 Å². The summed E-state index contributed by atoms with van der Waals surface area (Å²) in [6.07, 6.45) is 6.61. The Morgan fingerprint density at radius 2 is 0.610 bits per heavy atom. The molecule has 6 N–H and O–H groups in total. The van der Waals surface area contributed by atoms with E-state index in [0.717, 1.165) is 5.69 Å². The van der Waals surface area contributed by atoms with Crippen LogP contribution in [0.3, 0.4) is 0 Å². The first kappa shape index (κ1) is 38.9. The summed E-state index contributed by atoms with van der Waals surface area (Å²) in [6, 6.07) is 30.5. The third-order valence-electron chi connectivity index (χ3n) is 7.65. The van der Waals surface area contributed by atoms with Crippen molar-refractivity contribution in [2.24, 2.45) is 0 Å². The van der Waals surface area contributed by atoms with Crippen LogP contribution < -0.4 is 31.9 Å². The molecule has 0 unspecified atom stereocenters. The fourth-order valence-electron chi connectivity index (χ4n) is 4.93. The van der Waals surface area contributed by atoms with Gasteiger partial charge in [-0.3, -0.25) is 0 Å². The molecule has 0 amide bonds. The molecule has 0 aliphatic heterocycles. The minimum absolute atomic E-state index is 0.234. The van der Waals surface area contributed by atoms with Gasteiger partial charge in [0.05, 0.1) is 13.1 Å². The molecular weight excluding hydrogens is 762 g/mol. The Morgan fingerprint density at radius 3 is 0.932 bits per heavy atom. The summed E-state index contributed by atoms with van der Waals surface area (Å²) in [6.45, 7) is 0.655. The van der Waals surface area contributed by atoms with E-state index in [1.54, 1.807) is 73.3 Å². The highest BCUT2D eigenvalue weighted by molar-refractivity contribution is 5.60.